The van der Waals surface area contributed by atoms with Gasteiger partial charge in [0.2, 0.25) is 11.8 Å². The highest BCUT2D eigenvalue weighted by Crippen LogP contribution is 2.22. The first kappa shape index (κ1) is 13.9. The third-order valence-corrected chi connectivity index (χ3v) is 3.90. The molecule has 1 aliphatic rings. The fourth-order valence-electron chi connectivity index (χ4n) is 1.56. The minimum absolute atomic E-state index is 0.109. The Morgan fingerprint density at radius 1 is 1.47 bits per heavy atom. The summed E-state index contributed by atoms with van der Waals surface area (Å²) in [7, 11) is 1.60. The molecule has 5 nitrogen and oxygen atoms in total. The lowest BCUT2D eigenvalue weighted by Gasteiger charge is -2.07. The summed E-state index contributed by atoms with van der Waals surface area (Å²) in [5, 5.41) is 6.05. The van der Waals surface area contributed by atoms with Crippen LogP contribution in [0.2, 0.25) is 5.02 Å². The Balaban J connectivity index is 1.91. The highest BCUT2D eigenvalue weighted by Gasteiger charge is 2.31. The Kier molecular flexibility index (Phi) is 4.44. The monoisotopic (exact) mass is 297 g/mol. The van der Waals surface area contributed by atoms with Crippen molar-refractivity contribution in [3.63, 3.8) is 0 Å². The lowest BCUT2D eigenvalue weighted by molar-refractivity contribution is -0.122. The molecule has 1 aromatic rings. The number of amidine groups is 1. The van der Waals surface area contributed by atoms with E-state index in [0.29, 0.717) is 15.9 Å². The maximum Gasteiger partial charge on any atom is 0.240 e. The molecule has 0 bridgehead atoms. The molecule has 1 aliphatic heterocycles. The minimum atomic E-state index is -0.425. The Labute approximate surface area is 119 Å². The van der Waals surface area contributed by atoms with Crippen molar-refractivity contribution in [2.45, 2.75) is 11.7 Å². The van der Waals surface area contributed by atoms with Crippen LogP contribution in [0.5, 0.6) is 0 Å². The number of carbonyl (C=O) groups excluding carboxylic acids is 2. The molecule has 2 N–H and O–H groups in total. The molecule has 0 saturated carbocycles. The van der Waals surface area contributed by atoms with E-state index in [1.807, 2.05) is 0 Å². The Hall–Kier alpha value is -1.53. The topological polar surface area (TPSA) is 70.6 Å². The van der Waals surface area contributed by atoms with Gasteiger partial charge in [0.25, 0.3) is 0 Å². The smallest absolute Gasteiger partial charge is 0.240 e. The number of amides is 2. The number of aliphatic imine (C=N–C) groups is 1. The molecular weight excluding hydrogens is 286 g/mol. The number of benzene rings is 1. The Morgan fingerprint density at radius 3 is 2.74 bits per heavy atom. The van der Waals surface area contributed by atoms with Gasteiger partial charge in [-0.3, -0.25) is 14.6 Å². The molecule has 19 heavy (non-hydrogen) atoms. The molecule has 7 heteroatoms. The predicted molar refractivity (Wildman–Crippen MR) is 77.6 cm³/mol. The second-order valence-electron chi connectivity index (χ2n) is 3.88. The van der Waals surface area contributed by atoms with Gasteiger partial charge in [-0.25, -0.2) is 0 Å². The second-order valence-corrected chi connectivity index (χ2v) is 5.51. The fourth-order valence-corrected chi connectivity index (χ4v) is 2.62. The maximum absolute atomic E-state index is 11.8. The quantitative estimate of drug-likeness (QED) is 0.895. The van der Waals surface area contributed by atoms with Crippen LogP contribution in [-0.4, -0.2) is 29.3 Å². The minimum Gasteiger partial charge on any atom is -0.326 e. The summed E-state index contributed by atoms with van der Waals surface area (Å²) >= 11 is 7.02. The van der Waals surface area contributed by atoms with Gasteiger partial charge in [-0.1, -0.05) is 23.4 Å². The molecule has 0 radical (unpaired) electrons. The summed E-state index contributed by atoms with van der Waals surface area (Å²) < 4.78 is 0. The summed E-state index contributed by atoms with van der Waals surface area (Å²) in [6, 6.07) is 6.80. The number of halogens is 1. The van der Waals surface area contributed by atoms with Crippen molar-refractivity contribution < 1.29 is 9.59 Å². The van der Waals surface area contributed by atoms with Crippen molar-refractivity contribution in [2.75, 3.05) is 12.4 Å². The van der Waals surface area contributed by atoms with Crippen LogP contribution in [-0.2, 0) is 9.59 Å². The number of nitrogens with zero attached hydrogens (tertiary/aromatic N) is 1. The lowest BCUT2D eigenvalue weighted by atomic mass is 10.2. The number of rotatable bonds is 3. The van der Waals surface area contributed by atoms with Gasteiger partial charge in [0, 0.05) is 24.2 Å². The molecule has 100 valence electrons. The first-order valence-electron chi connectivity index (χ1n) is 5.58. The van der Waals surface area contributed by atoms with Gasteiger partial charge in [0.05, 0.1) is 0 Å². The van der Waals surface area contributed by atoms with E-state index >= 15 is 0 Å². The fraction of sp³-hybridized carbons (Fsp3) is 0.250. The first-order valence-corrected chi connectivity index (χ1v) is 6.84. The lowest BCUT2D eigenvalue weighted by Crippen LogP contribution is -2.28. The number of hydrogen-bond donors (Lipinski definition) is 2. The third-order valence-electron chi connectivity index (χ3n) is 2.48. The van der Waals surface area contributed by atoms with Crippen LogP contribution in [0.4, 0.5) is 5.69 Å². The summed E-state index contributed by atoms with van der Waals surface area (Å²) in [6.45, 7) is 0. The van der Waals surface area contributed by atoms with Gasteiger partial charge in [-0.05, 0) is 24.3 Å². The van der Waals surface area contributed by atoms with Gasteiger partial charge >= 0.3 is 0 Å². The van der Waals surface area contributed by atoms with Crippen molar-refractivity contribution in [1.82, 2.24) is 5.32 Å². The molecule has 0 aromatic heterocycles. The van der Waals surface area contributed by atoms with Gasteiger partial charge in [-0.15, -0.1) is 0 Å². The van der Waals surface area contributed by atoms with Crippen LogP contribution in [0.1, 0.15) is 6.42 Å². The molecule has 0 aliphatic carbocycles. The molecule has 1 saturated heterocycles. The van der Waals surface area contributed by atoms with Crippen LogP contribution < -0.4 is 10.6 Å². The molecule has 1 fully saturated rings. The zero-order chi connectivity index (χ0) is 13.8. The molecule has 2 amide bonds. The van der Waals surface area contributed by atoms with Crippen molar-refractivity contribution >= 4 is 46.0 Å². The van der Waals surface area contributed by atoms with Gasteiger partial charge < -0.3 is 10.6 Å². The van der Waals surface area contributed by atoms with Crippen molar-refractivity contribution in [3.8, 4) is 0 Å². The average Bonchev–Trinajstić information content (AvgIpc) is 2.73. The Morgan fingerprint density at radius 2 is 2.16 bits per heavy atom. The largest absolute Gasteiger partial charge is 0.326 e. The summed E-state index contributed by atoms with van der Waals surface area (Å²) in [5.74, 6) is -0.399. The summed E-state index contributed by atoms with van der Waals surface area (Å²) in [6.07, 6.45) is 0.109. The average molecular weight is 298 g/mol. The zero-order valence-electron chi connectivity index (χ0n) is 10.1. The predicted octanol–water partition coefficient (Wildman–Crippen LogP) is 1.89. The third kappa shape index (κ3) is 3.71. The van der Waals surface area contributed by atoms with Crippen molar-refractivity contribution in [1.29, 1.82) is 0 Å². The van der Waals surface area contributed by atoms with E-state index in [1.54, 1.807) is 31.3 Å². The van der Waals surface area contributed by atoms with Gasteiger partial charge in [-0.2, -0.15) is 0 Å². The van der Waals surface area contributed by atoms with E-state index in [2.05, 4.69) is 15.6 Å². The molecule has 1 atom stereocenters. The SMILES string of the molecule is CN=C1NC(=O)[C@H](CC(=O)Nc2ccc(Cl)cc2)S1. The molecule has 0 unspecified atom stereocenters. The normalized spacial score (nSPS) is 20.4. The van der Waals surface area contributed by atoms with Gasteiger partial charge in [0.15, 0.2) is 5.17 Å². The molecule has 1 aromatic carbocycles. The molecule has 1 heterocycles. The van der Waals surface area contributed by atoms with E-state index in [9.17, 15) is 9.59 Å². The molecular formula is C12H12ClN3O2S. The zero-order valence-corrected chi connectivity index (χ0v) is 11.7. The van der Waals surface area contributed by atoms with Crippen LogP contribution in [0.15, 0.2) is 29.3 Å². The number of anilines is 1. The van der Waals surface area contributed by atoms with Crippen LogP contribution >= 0.6 is 23.4 Å². The van der Waals surface area contributed by atoms with Crippen molar-refractivity contribution in [2.24, 2.45) is 4.99 Å². The molecule has 0 spiro atoms. The van der Waals surface area contributed by atoms with E-state index < -0.39 is 5.25 Å². The van der Waals surface area contributed by atoms with Crippen LogP contribution in [0.25, 0.3) is 0 Å². The highest BCUT2D eigenvalue weighted by molar-refractivity contribution is 8.15. The summed E-state index contributed by atoms with van der Waals surface area (Å²) in [4.78, 5) is 27.3. The number of hydrogen-bond acceptors (Lipinski definition) is 4. The number of thioether (sulfide) groups is 1. The molecule has 2 rings (SSSR count). The van der Waals surface area contributed by atoms with Gasteiger partial charge in [0.1, 0.15) is 5.25 Å². The van der Waals surface area contributed by atoms with E-state index in [0.717, 1.165) is 0 Å². The van der Waals surface area contributed by atoms with E-state index in [4.69, 9.17) is 11.6 Å². The summed E-state index contributed by atoms with van der Waals surface area (Å²) in [5.41, 5.74) is 0.655. The number of carbonyl (C=O) groups is 2. The number of nitrogens with one attached hydrogen (secondary N) is 2. The first-order chi connectivity index (χ1) is 9.08. The van der Waals surface area contributed by atoms with E-state index in [-0.39, 0.29) is 18.2 Å². The van der Waals surface area contributed by atoms with E-state index in [1.165, 1.54) is 11.8 Å². The second kappa shape index (κ2) is 6.08. The Bertz CT molecular complexity index is 530. The standard InChI is InChI=1S/C12H12ClN3O2S/c1-14-12-16-11(18)9(19-12)6-10(17)15-8-4-2-7(13)3-5-8/h2-5,9H,6H2,1H3,(H,15,17)(H,14,16,18)/t9-/m0/s1. The highest BCUT2D eigenvalue weighted by atomic mass is 35.5. The maximum atomic E-state index is 11.8. The van der Waals surface area contributed by atoms with Crippen LogP contribution in [0, 0.1) is 0 Å². The van der Waals surface area contributed by atoms with Crippen molar-refractivity contribution in [3.05, 3.63) is 29.3 Å². The van der Waals surface area contributed by atoms with Crippen LogP contribution in [0.3, 0.4) is 0 Å².